The first kappa shape index (κ1) is 17.9. The zero-order chi connectivity index (χ0) is 19.1. The van der Waals surface area contributed by atoms with Gasteiger partial charge in [-0.2, -0.15) is 31.4 Å². The lowest BCUT2D eigenvalue weighted by Gasteiger charge is -2.16. The summed E-state index contributed by atoms with van der Waals surface area (Å²) in [5.74, 6) is 0. The first-order chi connectivity index (χ1) is 12.1. The van der Waals surface area contributed by atoms with Crippen LogP contribution in [0, 0.1) is 0 Å². The number of nitrogens with zero attached hydrogens (tertiary/aromatic N) is 3. The van der Waals surface area contributed by atoms with E-state index in [1.54, 1.807) is 0 Å². The van der Waals surface area contributed by atoms with Gasteiger partial charge in [0.05, 0.1) is 35.6 Å². The topological polar surface area (TPSA) is 47.8 Å². The summed E-state index contributed by atoms with van der Waals surface area (Å²) < 4.78 is 79.0. The Balaban J connectivity index is 2.06. The van der Waals surface area contributed by atoms with Crippen LogP contribution < -0.4 is 0 Å². The Kier molecular flexibility index (Phi) is 4.21. The first-order valence-corrected chi connectivity index (χ1v) is 7.13. The van der Waals surface area contributed by atoms with Gasteiger partial charge in [0.2, 0.25) is 0 Å². The van der Waals surface area contributed by atoms with Crippen LogP contribution in [-0.4, -0.2) is 21.1 Å². The number of halogens is 6. The Labute approximate surface area is 142 Å². The molecule has 0 unspecified atom stereocenters. The lowest BCUT2D eigenvalue weighted by atomic mass is 10.0. The second-order valence-corrected chi connectivity index (χ2v) is 5.46. The Bertz CT molecular complexity index is 974. The molecule has 3 aromatic rings. The van der Waals surface area contributed by atoms with Gasteiger partial charge in [-0.05, 0) is 23.8 Å². The van der Waals surface area contributed by atoms with Crippen molar-refractivity contribution in [2.75, 3.05) is 0 Å². The highest BCUT2D eigenvalue weighted by Gasteiger charge is 2.38. The Morgan fingerprint density at radius 3 is 2.35 bits per heavy atom. The Morgan fingerprint density at radius 1 is 1.00 bits per heavy atom. The van der Waals surface area contributed by atoms with E-state index in [-0.39, 0.29) is 17.3 Å². The van der Waals surface area contributed by atoms with Crippen molar-refractivity contribution in [3.8, 4) is 0 Å². The molecule has 26 heavy (non-hydrogen) atoms. The number of hydrogen-bond acceptors (Lipinski definition) is 3. The molecule has 0 aliphatic rings. The van der Waals surface area contributed by atoms with E-state index in [9.17, 15) is 31.1 Å². The lowest BCUT2D eigenvalue weighted by molar-refractivity contribution is -0.143. The maximum atomic E-state index is 13.2. The number of fused-ring (bicyclic) bond motifs is 1. The number of carbonyl (C=O) groups excluding carboxylic acids is 1. The predicted octanol–water partition coefficient (Wildman–Crippen LogP) is 4.33. The zero-order valence-corrected chi connectivity index (χ0v) is 12.8. The minimum Gasteiger partial charge on any atom is -0.296 e. The average Bonchev–Trinajstić information content (AvgIpc) is 2.95. The molecule has 2 heterocycles. The maximum absolute atomic E-state index is 13.2. The molecular formula is C16H9F6N3O. The summed E-state index contributed by atoms with van der Waals surface area (Å²) in [6, 6.07) is 2.87. The summed E-state index contributed by atoms with van der Waals surface area (Å²) in [7, 11) is 0. The fourth-order valence-electron chi connectivity index (χ4n) is 2.50. The van der Waals surface area contributed by atoms with Crippen molar-refractivity contribution in [1.29, 1.82) is 0 Å². The molecular weight excluding hydrogens is 364 g/mol. The molecule has 0 radical (unpaired) electrons. The highest BCUT2D eigenvalue weighted by molar-refractivity contribution is 5.84. The number of benzene rings is 1. The fourth-order valence-corrected chi connectivity index (χ4v) is 2.50. The van der Waals surface area contributed by atoms with E-state index in [0.717, 1.165) is 6.07 Å². The van der Waals surface area contributed by atoms with Crippen LogP contribution in [0.25, 0.3) is 10.9 Å². The molecule has 0 fully saturated rings. The highest BCUT2D eigenvalue weighted by atomic mass is 19.4. The number of rotatable bonds is 3. The van der Waals surface area contributed by atoms with E-state index in [1.165, 1.54) is 23.1 Å². The predicted molar refractivity (Wildman–Crippen MR) is 78.5 cm³/mol. The second kappa shape index (κ2) is 6.11. The second-order valence-electron chi connectivity index (χ2n) is 5.46. The fraction of sp³-hybridized carbons (Fsp3) is 0.188. The van der Waals surface area contributed by atoms with Gasteiger partial charge in [0.1, 0.15) is 5.69 Å². The van der Waals surface area contributed by atoms with Crippen LogP contribution in [-0.2, 0) is 18.9 Å². The van der Waals surface area contributed by atoms with Gasteiger partial charge in [0, 0.05) is 5.39 Å². The van der Waals surface area contributed by atoms with E-state index in [2.05, 4.69) is 10.1 Å². The molecule has 4 nitrogen and oxygen atoms in total. The van der Waals surface area contributed by atoms with E-state index >= 15 is 0 Å². The zero-order valence-electron chi connectivity index (χ0n) is 12.8. The maximum Gasteiger partial charge on any atom is 0.416 e. The first-order valence-electron chi connectivity index (χ1n) is 7.13. The largest absolute Gasteiger partial charge is 0.416 e. The normalized spacial score (nSPS) is 12.5. The summed E-state index contributed by atoms with van der Waals surface area (Å²) in [5.41, 5.74) is -2.65. The van der Waals surface area contributed by atoms with Gasteiger partial charge in [-0.3, -0.25) is 14.5 Å². The van der Waals surface area contributed by atoms with Crippen LogP contribution in [0.2, 0.25) is 0 Å². The summed E-state index contributed by atoms with van der Waals surface area (Å²) >= 11 is 0. The van der Waals surface area contributed by atoms with E-state index in [0.29, 0.717) is 23.3 Å². The third-order valence-electron chi connectivity index (χ3n) is 3.73. The summed E-state index contributed by atoms with van der Waals surface area (Å²) in [6.07, 6.45) is -6.73. The minimum absolute atomic E-state index is 0.0871. The van der Waals surface area contributed by atoms with E-state index in [1.807, 2.05) is 0 Å². The number of alkyl halides is 6. The molecule has 0 atom stereocenters. The van der Waals surface area contributed by atoms with E-state index in [4.69, 9.17) is 0 Å². The Hall–Kier alpha value is -2.91. The molecule has 3 rings (SSSR count). The van der Waals surface area contributed by atoms with Gasteiger partial charge in [0.25, 0.3) is 0 Å². The molecule has 0 aliphatic heterocycles. The van der Waals surface area contributed by atoms with Crippen LogP contribution in [0.15, 0.2) is 36.7 Å². The number of hydrogen-bond donors (Lipinski definition) is 0. The Morgan fingerprint density at radius 2 is 1.73 bits per heavy atom. The molecule has 0 aliphatic carbocycles. The molecule has 0 saturated heterocycles. The average molecular weight is 373 g/mol. The SMILES string of the molecule is O=Cc1cc2cnn(Cc3ccc(C(F)(F)F)cc3C(F)(F)F)c2cn1. The van der Waals surface area contributed by atoms with Crippen LogP contribution >= 0.6 is 0 Å². The standard InChI is InChI=1S/C16H9F6N3O/c17-15(18,19)11-2-1-9(13(4-11)16(20,21)22)7-25-14-6-23-12(8-26)3-10(14)5-24-25/h1-6,8H,7H2. The molecule has 136 valence electrons. The van der Waals surface area contributed by atoms with Gasteiger partial charge < -0.3 is 0 Å². The molecule has 10 heteroatoms. The molecule has 0 amide bonds. The molecule has 0 saturated carbocycles. The third-order valence-corrected chi connectivity index (χ3v) is 3.73. The molecule has 2 aromatic heterocycles. The highest BCUT2D eigenvalue weighted by Crippen LogP contribution is 2.37. The molecule has 0 bridgehead atoms. The number of pyridine rings is 1. The van der Waals surface area contributed by atoms with Gasteiger partial charge in [-0.15, -0.1) is 0 Å². The minimum atomic E-state index is -4.96. The lowest BCUT2D eigenvalue weighted by Crippen LogP contribution is -2.15. The van der Waals surface area contributed by atoms with Crippen LogP contribution in [0.4, 0.5) is 26.3 Å². The molecule has 0 N–H and O–H groups in total. The van der Waals surface area contributed by atoms with Crippen molar-refractivity contribution in [3.05, 3.63) is 59.0 Å². The number of aldehydes is 1. The number of carbonyl (C=O) groups is 1. The quantitative estimate of drug-likeness (QED) is 0.507. The van der Waals surface area contributed by atoms with Gasteiger partial charge in [-0.25, -0.2) is 0 Å². The van der Waals surface area contributed by atoms with Gasteiger partial charge in [0.15, 0.2) is 6.29 Å². The summed E-state index contributed by atoms with van der Waals surface area (Å²) in [6.45, 7) is -0.404. The van der Waals surface area contributed by atoms with Gasteiger partial charge in [-0.1, -0.05) is 6.07 Å². The van der Waals surface area contributed by atoms with Gasteiger partial charge >= 0.3 is 12.4 Å². The van der Waals surface area contributed by atoms with Crippen LogP contribution in [0.1, 0.15) is 27.2 Å². The molecule has 1 aromatic carbocycles. The van der Waals surface area contributed by atoms with Crippen molar-refractivity contribution in [2.24, 2.45) is 0 Å². The summed E-state index contributed by atoms with van der Waals surface area (Å²) in [5, 5.41) is 4.41. The number of aromatic nitrogens is 3. The van der Waals surface area contributed by atoms with Crippen molar-refractivity contribution < 1.29 is 31.1 Å². The van der Waals surface area contributed by atoms with Crippen molar-refractivity contribution in [2.45, 2.75) is 18.9 Å². The smallest absolute Gasteiger partial charge is 0.296 e. The van der Waals surface area contributed by atoms with Crippen molar-refractivity contribution in [1.82, 2.24) is 14.8 Å². The monoisotopic (exact) mass is 373 g/mol. The third kappa shape index (κ3) is 3.39. The van der Waals surface area contributed by atoms with Crippen LogP contribution in [0.5, 0.6) is 0 Å². The van der Waals surface area contributed by atoms with Crippen molar-refractivity contribution >= 4 is 17.2 Å². The summed E-state index contributed by atoms with van der Waals surface area (Å²) in [4.78, 5) is 14.5. The molecule has 0 spiro atoms. The van der Waals surface area contributed by atoms with Crippen molar-refractivity contribution in [3.63, 3.8) is 0 Å². The van der Waals surface area contributed by atoms with E-state index < -0.39 is 30.0 Å². The van der Waals surface area contributed by atoms with Crippen LogP contribution in [0.3, 0.4) is 0 Å².